The van der Waals surface area contributed by atoms with Crippen LogP contribution in [-0.2, 0) is 65.4 Å². The fraction of sp³-hybridized carbons (Fsp3) is 0.939. The monoisotopic (exact) mass is 1250 g/mol. The van der Waals surface area contributed by atoms with Crippen molar-refractivity contribution in [2.75, 3.05) is 39.6 Å². The molecular weight excluding hydrogens is 1130 g/mol. The summed E-state index contributed by atoms with van der Waals surface area (Å²) in [7, 11) is -9.89. The SMILES string of the molecule is CCCCCCCCCCCCCC(=O)OC[C@H](COP(=O)(O)OC[C@@H](O)COP(=O)(O)OC[C@@H](COC(=O)CCCCCCCCC(C)C)OC(=O)CCCCCCCCC(C)C)OC(=O)CCCCCCCCCCCCCCCC(C)C. The van der Waals surface area contributed by atoms with Crippen molar-refractivity contribution < 1.29 is 80.2 Å². The zero-order valence-corrected chi connectivity index (χ0v) is 56.9. The topological polar surface area (TPSA) is 237 Å². The maximum atomic E-state index is 13.0. The molecule has 19 heteroatoms. The average molecular weight is 1260 g/mol. The first-order valence-corrected chi connectivity index (χ1v) is 37.3. The minimum absolute atomic E-state index is 0.101. The number of hydrogen-bond donors (Lipinski definition) is 3. The minimum atomic E-state index is -4.95. The van der Waals surface area contributed by atoms with Crippen LogP contribution in [0, 0.1) is 17.8 Å². The van der Waals surface area contributed by atoms with Crippen molar-refractivity contribution in [2.45, 2.75) is 343 Å². The second-order valence-corrected chi connectivity index (χ2v) is 28.2. The maximum Gasteiger partial charge on any atom is 0.472 e. The van der Waals surface area contributed by atoms with Gasteiger partial charge in [-0.1, -0.05) is 273 Å². The van der Waals surface area contributed by atoms with Crippen LogP contribution in [0.5, 0.6) is 0 Å². The Hall–Kier alpha value is -1.94. The first kappa shape index (κ1) is 83.1. The Balaban J connectivity index is 5.22. The summed E-state index contributed by atoms with van der Waals surface area (Å²) < 4.78 is 68.0. The molecule has 5 atom stereocenters. The first-order chi connectivity index (χ1) is 40.7. The molecule has 17 nitrogen and oxygen atoms in total. The number of rotatable bonds is 64. The first-order valence-electron chi connectivity index (χ1n) is 34.3. The molecule has 0 radical (unpaired) electrons. The van der Waals surface area contributed by atoms with Crippen LogP contribution in [0.4, 0.5) is 0 Å². The molecule has 0 bridgehead atoms. The molecule has 0 saturated heterocycles. The van der Waals surface area contributed by atoms with Gasteiger partial charge in [0.05, 0.1) is 26.4 Å². The second-order valence-electron chi connectivity index (χ2n) is 25.3. The normalized spacial score (nSPS) is 14.3. The summed E-state index contributed by atoms with van der Waals surface area (Å²) in [5.41, 5.74) is 0. The molecule has 85 heavy (non-hydrogen) atoms. The van der Waals surface area contributed by atoms with Gasteiger partial charge in [-0.25, -0.2) is 9.13 Å². The summed E-state index contributed by atoms with van der Waals surface area (Å²) in [5, 5.41) is 10.5. The van der Waals surface area contributed by atoms with Gasteiger partial charge in [-0.3, -0.25) is 37.3 Å². The standard InChI is InChI=1S/C66H128O17P2/c1-8-9-10-11-12-13-17-21-24-33-40-47-63(68)76-53-61(82-65(70)49-42-35-25-22-19-16-14-15-18-20-23-30-37-44-57(2)3)55-80-84(72,73)78-51-60(67)52-79-85(74,75)81-56-62(83-66(71)50-43-36-29-27-32-39-46-59(6)7)54-77-64(69)48-41-34-28-26-31-38-45-58(4)5/h57-62,67H,8-56H2,1-7H3,(H,72,73)(H,74,75)/t60-,61-,62-/m1/s1. The molecule has 3 N–H and O–H groups in total. The molecule has 504 valence electrons. The van der Waals surface area contributed by atoms with Gasteiger partial charge in [-0.2, -0.15) is 0 Å². The average Bonchev–Trinajstić information content (AvgIpc) is 3.53. The summed E-state index contributed by atoms with van der Waals surface area (Å²) in [6, 6.07) is 0. The van der Waals surface area contributed by atoms with Gasteiger partial charge in [0.1, 0.15) is 19.3 Å². The molecule has 0 aromatic carbocycles. The zero-order chi connectivity index (χ0) is 63.1. The Morgan fingerprint density at radius 1 is 0.318 bits per heavy atom. The second kappa shape index (κ2) is 57.2. The number of carbonyl (C=O) groups excluding carboxylic acids is 4. The van der Waals surface area contributed by atoms with Crippen molar-refractivity contribution in [3.63, 3.8) is 0 Å². The lowest BCUT2D eigenvalue weighted by Crippen LogP contribution is -2.30. The Bertz CT molecular complexity index is 1680. The number of aliphatic hydroxyl groups is 1. The predicted molar refractivity (Wildman–Crippen MR) is 340 cm³/mol. The van der Waals surface area contributed by atoms with Crippen LogP contribution in [0.3, 0.4) is 0 Å². The molecule has 0 aliphatic carbocycles. The fourth-order valence-corrected chi connectivity index (χ4v) is 11.4. The van der Waals surface area contributed by atoms with E-state index in [1.54, 1.807) is 0 Å². The van der Waals surface area contributed by atoms with E-state index >= 15 is 0 Å². The quantitative estimate of drug-likeness (QED) is 0.0222. The van der Waals surface area contributed by atoms with Crippen LogP contribution in [0.2, 0.25) is 0 Å². The lowest BCUT2D eigenvalue weighted by Gasteiger charge is -2.21. The molecule has 2 unspecified atom stereocenters. The van der Waals surface area contributed by atoms with Gasteiger partial charge in [0.2, 0.25) is 0 Å². The van der Waals surface area contributed by atoms with E-state index in [0.717, 1.165) is 102 Å². The Labute approximate surface area is 517 Å². The van der Waals surface area contributed by atoms with Crippen molar-refractivity contribution in [1.29, 1.82) is 0 Å². The maximum absolute atomic E-state index is 13.0. The number of phosphoric ester groups is 2. The van der Waals surface area contributed by atoms with E-state index in [2.05, 4.69) is 48.5 Å². The molecule has 0 heterocycles. The molecular formula is C66H128O17P2. The Kier molecular flexibility index (Phi) is 55.9. The van der Waals surface area contributed by atoms with Gasteiger partial charge >= 0.3 is 39.5 Å². The lowest BCUT2D eigenvalue weighted by molar-refractivity contribution is -0.161. The van der Waals surface area contributed by atoms with Crippen molar-refractivity contribution in [3.05, 3.63) is 0 Å². The highest BCUT2D eigenvalue weighted by Crippen LogP contribution is 2.45. The Morgan fingerprint density at radius 3 is 0.800 bits per heavy atom. The van der Waals surface area contributed by atoms with E-state index in [4.69, 9.17) is 37.0 Å². The van der Waals surface area contributed by atoms with E-state index in [0.29, 0.717) is 37.5 Å². The van der Waals surface area contributed by atoms with Crippen molar-refractivity contribution in [2.24, 2.45) is 17.8 Å². The highest BCUT2D eigenvalue weighted by atomic mass is 31.2. The van der Waals surface area contributed by atoms with Gasteiger partial charge in [-0.05, 0) is 43.4 Å². The number of aliphatic hydroxyl groups excluding tert-OH is 1. The third-order valence-corrected chi connectivity index (χ3v) is 17.0. The zero-order valence-electron chi connectivity index (χ0n) is 55.1. The number of ether oxygens (including phenoxy) is 4. The van der Waals surface area contributed by atoms with E-state index in [-0.39, 0.29) is 25.7 Å². The van der Waals surface area contributed by atoms with Crippen molar-refractivity contribution >= 4 is 39.5 Å². The molecule has 0 saturated carbocycles. The summed E-state index contributed by atoms with van der Waals surface area (Å²) in [4.78, 5) is 72.2. The number of hydrogen-bond acceptors (Lipinski definition) is 15. The summed E-state index contributed by atoms with van der Waals surface area (Å²) in [6.45, 7) is 11.6. The van der Waals surface area contributed by atoms with Crippen molar-refractivity contribution in [1.82, 2.24) is 0 Å². The van der Waals surface area contributed by atoms with Crippen LogP contribution in [0.25, 0.3) is 0 Å². The highest BCUT2D eigenvalue weighted by molar-refractivity contribution is 7.47. The molecule has 0 aliphatic rings. The lowest BCUT2D eigenvalue weighted by atomic mass is 10.0. The van der Waals surface area contributed by atoms with E-state index in [1.165, 1.54) is 128 Å². The third-order valence-electron chi connectivity index (χ3n) is 15.1. The highest BCUT2D eigenvalue weighted by Gasteiger charge is 2.30. The molecule has 0 spiro atoms. The van der Waals surface area contributed by atoms with Crippen LogP contribution >= 0.6 is 15.6 Å². The van der Waals surface area contributed by atoms with Gasteiger partial charge in [0.25, 0.3) is 0 Å². The number of carbonyl (C=O) groups is 4. The number of phosphoric acid groups is 2. The molecule has 0 amide bonds. The molecule has 0 aromatic rings. The van der Waals surface area contributed by atoms with E-state index in [1.807, 2.05) is 0 Å². The van der Waals surface area contributed by atoms with Crippen molar-refractivity contribution in [3.8, 4) is 0 Å². The van der Waals surface area contributed by atoms with Crippen LogP contribution in [0.15, 0.2) is 0 Å². The van der Waals surface area contributed by atoms with Crippen LogP contribution in [-0.4, -0.2) is 96.7 Å². The van der Waals surface area contributed by atoms with Crippen LogP contribution < -0.4 is 0 Å². The molecule has 0 aromatic heterocycles. The van der Waals surface area contributed by atoms with Gasteiger partial charge in [0, 0.05) is 25.7 Å². The fourth-order valence-electron chi connectivity index (χ4n) is 9.83. The summed E-state index contributed by atoms with van der Waals surface area (Å²) in [6.07, 6.45) is 39.2. The van der Waals surface area contributed by atoms with Gasteiger partial charge < -0.3 is 33.8 Å². The van der Waals surface area contributed by atoms with Crippen LogP contribution in [0.1, 0.15) is 325 Å². The summed E-state index contributed by atoms with van der Waals surface area (Å²) >= 11 is 0. The number of esters is 4. The summed E-state index contributed by atoms with van der Waals surface area (Å²) in [5.74, 6) is -0.00227. The molecule has 0 fully saturated rings. The van der Waals surface area contributed by atoms with Gasteiger partial charge in [0.15, 0.2) is 12.2 Å². The Morgan fingerprint density at radius 2 is 0.541 bits per heavy atom. The minimum Gasteiger partial charge on any atom is -0.462 e. The van der Waals surface area contributed by atoms with E-state index < -0.39 is 97.5 Å². The third kappa shape index (κ3) is 60.7. The van der Waals surface area contributed by atoms with Gasteiger partial charge in [-0.15, -0.1) is 0 Å². The molecule has 0 aliphatic heterocycles. The predicted octanol–water partition coefficient (Wildman–Crippen LogP) is 18.3. The molecule has 0 rings (SSSR count). The largest absolute Gasteiger partial charge is 0.472 e. The van der Waals surface area contributed by atoms with E-state index in [9.17, 15) is 43.2 Å². The smallest absolute Gasteiger partial charge is 0.462 e. The number of unbranched alkanes of at least 4 members (excludes halogenated alkanes) is 32.